The average molecular weight is 198 g/mol. The minimum atomic E-state index is -0.295. The molecule has 0 amide bonds. The van der Waals surface area contributed by atoms with Crippen LogP contribution in [0.4, 0.5) is 0 Å². The summed E-state index contributed by atoms with van der Waals surface area (Å²) in [6, 6.07) is 0.533. The molecule has 80 valence electrons. The number of hydrogen-bond donors (Lipinski definition) is 0. The van der Waals surface area contributed by atoms with E-state index in [1.165, 1.54) is 13.2 Å². The number of rotatable bonds is 2. The molecule has 1 atom stereocenters. The van der Waals surface area contributed by atoms with Crippen molar-refractivity contribution >= 4 is 5.97 Å². The van der Waals surface area contributed by atoms with Gasteiger partial charge in [-0.2, -0.15) is 0 Å². The maximum atomic E-state index is 10.9. The van der Waals surface area contributed by atoms with Gasteiger partial charge in [0.15, 0.2) is 0 Å². The Morgan fingerprint density at radius 3 is 2.79 bits per heavy atom. The summed E-state index contributed by atoms with van der Waals surface area (Å²) in [4.78, 5) is 15.3. The molecule has 0 aliphatic carbocycles. The van der Waals surface area contributed by atoms with Crippen molar-refractivity contribution in [1.29, 1.82) is 0 Å². The third kappa shape index (κ3) is 3.03. The van der Waals surface area contributed by atoms with Crippen LogP contribution in [0.2, 0.25) is 0 Å². The molecule has 0 saturated carbocycles. The molecule has 0 aromatic carbocycles. The molecule has 0 aromatic heterocycles. The number of hydrogen-bond acceptors (Lipinski definition) is 4. The van der Waals surface area contributed by atoms with Crippen LogP contribution in [0.3, 0.4) is 0 Å². The number of piperazine rings is 1. The molecule has 14 heavy (non-hydrogen) atoms. The van der Waals surface area contributed by atoms with Gasteiger partial charge in [0.05, 0.1) is 7.11 Å². The van der Waals surface area contributed by atoms with Crippen molar-refractivity contribution < 1.29 is 9.53 Å². The highest BCUT2D eigenvalue weighted by atomic mass is 16.5. The van der Waals surface area contributed by atoms with Crippen LogP contribution in [0.1, 0.15) is 6.92 Å². The topological polar surface area (TPSA) is 32.8 Å². The lowest BCUT2D eigenvalue weighted by Gasteiger charge is -2.37. The summed E-state index contributed by atoms with van der Waals surface area (Å²) in [6.07, 6.45) is 3.29. The first-order valence-corrected chi connectivity index (χ1v) is 4.84. The first-order valence-electron chi connectivity index (χ1n) is 4.84. The molecular formula is C10H18N2O2. The second-order valence-corrected chi connectivity index (χ2v) is 3.66. The van der Waals surface area contributed by atoms with Crippen molar-refractivity contribution in [2.45, 2.75) is 13.0 Å². The number of nitrogens with zero attached hydrogens (tertiary/aromatic N) is 2. The van der Waals surface area contributed by atoms with Crippen LogP contribution in [0.15, 0.2) is 12.3 Å². The SMILES string of the molecule is COC(=O)C=CN1CCN(C)C(C)C1. The van der Waals surface area contributed by atoms with Crippen LogP contribution in [-0.2, 0) is 9.53 Å². The molecule has 4 nitrogen and oxygen atoms in total. The van der Waals surface area contributed by atoms with Gasteiger partial charge in [0.25, 0.3) is 0 Å². The normalized spacial score (nSPS) is 24.2. The maximum absolute atomic E-state index is 10.9. The lowest BCUT2D eigenvalue weighted by Crippen LogP contribution is -2.47. The van der Waals surface area contributed by atoms with Gasteiger partial charge < -0.3 is 14.5 Å². The Kier molecular flexibility index (Phi) is 3.95. The molecule has 1 rings (SSSR count). The fourth-order valence-electron chi connectivity index (χ4n) is 1.45. The lowest BCUT2D eigenvalue weighted by molar-refractivity contribution is -0.134. The van der Waals surface area contributed by atoms with E-state index < -0.39 is 0 Å². The van der Waals surface area contributed by atoms with E-state index >= 15 is 0 Å². The van der Waals surface area contributed by atoms with Gasteiger partial charge in [0.2, 0.25) is 0 Å². The number of carbonyl (C=O) groups is 1. The zero-order valence-electron chi connectivity index (χ0n) is 9.06. The van der Waals surface area contributed by atoms with Crippen LogP contribution >= 0.6 is 0 Å². The average Bonchev–Trinajstić information content (AvgIpc) is 2.19. The van der Waals surface area contributed by atoms with Crippen molar-refractivity contribution in [2.24, 2.45) is 0 Å². The summed E-state index contributed by atoms with van der Waals surface area (Å²) in [5.74, 6) is -0.295. The van der Waals surface area contributed by atoms with Crippen molar-refractivity contribution in [3.63, 3.8) is 0 Å². The van der Waals surface area contributed by atoms with Crippen LogP contribution in [0.25, 0.3) is 0 Å². The summed E-state index contributed by atoms with van der Waals surface area (Å²) >= 11 is 0. The largest absolute Gasteiger partial charge is 0.466 e. The van der Waals surface area contributed by atoms with Gasteiger partial charge in [-0.3, -0.25) is 0 Å². The highest BCUT2D eigenvalue weighted by Crippen LogP contribution is 2.06. The van der Waals surface area contributed by atoms with Gasteiger partial charge in [-0.1, -0.05) is 0 Å². The Labute approximate surface area is 85.1 Å². The van der Waals surface area contributed by atoms with Gasteiger partial charge in [0, 0.05) is 38.0 Å². The Balaban J connectivity index is 2.40. The van der Waals surface area contributed by atoms with E-state index in [4.69, 9.17) is 0 Å². The molecular weight excluding hydrogens is 180 g/mol. The number of esters is 1. The number of ether oxygens (including phenoxy) is 1. The summed E-state index contributed by atoms with van der Waals surface area (Å²) in [5, 5.41) is 0. The zero-order chi connectivity index (χ0) is 10.6. The van der Waals surface area contributed by atoms with E-state index in [0.717, 1.165) is 19.6 Å². The minimum absolute atomic E-state index is 0.295. The first kappa shape index (κ1) is 11.0. The van der Waals surface area contributed by atoms with Crippen LogP contribution in [0, 0.1) is 0 Å². The summed E-state index contributed by atoms with van der Waals surface area (Å²) in [5.41, 5.74) is 0. The lowest BCUT2D eigenvalue weighted by atomic mass is 10.2. The molecule has 1 saturated heterocycles. The predicted octanol–water partition coefficient (Wildman–Crippen LogP) is 0.309. The van der Waals surface area contributed by atoms with Crippen molar-refractivity contribution in [3.8, 4) is 0 Å². The van der Waals surface area contributed by atoms with Crippen LogP contribution in [-0.4, -0.2) is 55.6 Å². The van der Waals surface area contributed by atoms with Gasteiger partial charge in [0.1, 0.15) is 0 Å². The molecule has 0 spiro atoms. The van der Waals surface area contributed by atoms with E-state index in [0.29, 0.717) is 6.04 Å². The zero-order valence-corrected chi connectivity index (χ0v) is 9.06. The van der Waals surface area contributed by atoms with E-state index in [1.807, 2.05) is 6.20 Å². The van der Waals surface area contributed by atoms with E-state index in [1.54, 1.807) is 0 Å². The Hall–Kier alpha value is -1.03. The first-order chi connectivity index (χ1) is 6.63. The molecule has 1 aliphatic rings. The smallest absolute Gasteiger partial charge is 0.331 e. The molecule has 1 fully saturated rings. The third-order valence-electron chi connectivity index (χ3n) is 2.61. The van der Waals surface area contributed by atoms with Crippen molar-refractivity contribution in [1.82, 2.24) is 9.80 Å². The summed E-state index contributed by atoms with van der Waals surface area (Å²) in [6.45, 7) is 5.14. The van der Waals surface area contributed by atoms with E-state index in [9.17, 15) is 4.79 Å². The summed E-state index contributed by atoms with van der Waals surface area (Å²) < 4.78 is 4.53. The second kappa shape index (κ2) is 5.00. The molecule has 0 bridgehead atoms. The van der Waals surface area contributed by atoms with Gasteiger partial charge >= 0.3 is 5.97 Å². The fraction of sp³-hybridized carbons (Fsp3) is 0.700. The number of carbonyl (C=O) groups excluding carboxylic acids is 1. The van der Waals surface area contributed by atoms with Crippen molar-refractivity contribution in [3.05, 3.63) is 12.3 Å². The highest BCUT2D eigenvalue weighted by Gasteiger charge is 2.17. The Morgan fingerprint density at radius 1 is 1.50 bits per heavy atom. The van der Waals surface area contributed by atoms with Crippen LogP contribution < -0.4 is 0 Å². The molecule has 1 heterocycles. The Bertz CT molecular complexity index is 228. The second-order valence-electron chi connectivity index (χ2n) is 3.66. The van der Waals surface area contributed by atoms with Gasteiger partial charge in [-0.25, -0.2) is 4.79 Å². The van der Waals surface area contributed by atoms with E-state index in [-0.39, 0.29) is 5.97 Å². The van der Waals surface area contributed by atoms with Gasteiger partial charge in [-0.15, -0.1) is 0 Å². The minimum Gasteiger partial charge on any atom is -0.466 e. The van der Waals surface area contributed by atoms with Gasteiger partial charge in [-0.05, 0) is 14.0 Å². The highest BCUT2D eigenvalue weighted by molar-refractivity contribution is 5.81. The predicted molar refractivity (Wildman–Crippen MR) is 54.8 cm³/mol. The maximum Gasteiger partial charge on any atom is 0.331 e. The van der Waals surface area contributed by atoms with E-state index in [2.05, 4.69) is 28.5 Å². The molecule has 1 aliphatic heterocycles. The fourth-order valence-corrected chi connectivity index (χ4v) is 1.45. The monoisotopic (exact) mass is 198 g/mol. The molecule has 0 aromatic rings. The quantitative estimate of drug-likeness (QED) is 0.472. The van der Waals surface area contributed by atoms with Crippen LogP contribution in [0.5, 0.6) is 0 Å². The number of methoxy groups -OCH3 is 1. The van der Waals surface area contributed by atoms with Crippen molar-refractivity contribution in [2.75, 3.05) is 33.8 Å². The molecule has 0 N–H and O–H groups in total. The summed E-state index contributed by atoms with van der Waals surface area (Å²) in [7, 11) is 3.51. The molecule has 4 heteroatoms. The molecule has 0 radical (unpaired) electrons. The third-order valence-corrected chi connectivity index (χ3v) is 2.61. The standard InChI is InChI=1S/C10H18N2O2/c1-9-8-12(7-6-11(9)2)5-4-10(13)14-3/h4-5,9H,6-8H2,1-3H3. The Morgan fingerprint density at radius 2 is 2.21 bits per heavy atom. The molecule has 1 unspecified atom stereocenters. The number of likely N-dealkylation sites (N-methyl/N-ethyl adjacent to an activating group) is 1.